The molecule has 0 bridgehead atoms. The summed E-state index contributed by atoms with van der Waals surface area (Å²) in [5, 5.41) is 6.72. The van der Waals surface area contributed by atoms with E-state index >= 15 is 0 Å². The van der Waals surface area contributed by atoms with Crippen molar-refractivity contribution < 1.29 is 9.47 Å². The fourth-order valence-corrected chi connectivity index (χ4v) is 2.47. The Morgan fingerprint density at radius 1 is 1.19 bits per heavy atom. The number of methoxy groups -OCH3 is 1. The average Bonchev–Trinajstić information content (AvgIpc) is 3.04. The van der Waals surface area contributed by atoms with Crippen molar-refractivity contribution in [1.29, 1.82) is 0 Å². The minimum absolute atomic E-state index is 0.568. The normalized spacial score (nSPS) is 15.8. The van der Waals surface area contributed by atoms with Crippen LogP contribution in [0.25, 0.3) is 0 Å². The van der Waals surface area contributed by atoms with Gasteiger partial charge < -0.3 is 20.1 Å². The molecular weight excluding hydrogens is 266 g/mol. The monoisotopic (exact) mass is 291 g/mol. The van der Waals surface area contributed by atoms with E-state index in [1.165, 1.54) is 25.7 Å². The van der Waals surface area contributed by atoms with Crippen molar-refractivity contribution in [3.05, 3.63) is 24.3 Å². The van der Waals surface area contributed by atoms with Gasteiger partial charge in [-0.15, -0.1) is 0 Å². The lowest BCUT2D eigenvalue weighted by atomic mass is 10.2. The first-order valence-electron chi connectivity index (χ1n) is 7.56. The molecule has 1 aliphatic carbocycles. The Balaban J connectivity index is 1.65. The Kier molecular flexibility index (Phi) is 6.19. The van der Waals surface area contributed by atoms with Crippen molar-refractivity contribution in [2.75, 3.05) is 27.3 Å². The van der Waals surface area contributed by atoms with Crippen molar-refractivity contribution in [3.63, 3.8) is 0 Å². The highest BCUT2D eigenvalue weighted by atomic mass is 16.5. The number of hydrogen-bond donors (Lipinski definition) is 2. The molecule has 0 radical (unpaired) electrons. The maximum Gasteiger partial charge on any atom is 0.191 e. The second-order valence-corrected chi connectivity index (χ2v) is 5.15. The Bertz CT molecular complexity index is 439. The molecule has 0 aromatic heterocycles. The minimum atomic E-state index is 0.568. The standard InChI is InChI=1S/C16H25N3O2/c1-17-16(19-13-5-3-4-6-13)18-11-12-21-15-9-7-14(20-2)8-10-15/h7-10,13H,3-6,11-12H2,1-2H3,(H2,17,18,19). The Morgan fingerprint density at radius 2 is 1.86 bits per heavy atom. The van der Waals surface area contributed by atoms with Crippen LogP contribution in [0.4, 0.5) is 0 Å². The van der Waals surface area contributed by atoms with Crippen molar-refractivity contribution in [1.82, 2.24) is 10.6 Å². The van der Waals surface area contributed by atoms with Gasteiger partial charge in [0.15, 0.2) is 5.96 Å². The summed E-state index contributed by atoms with van der Waals surface area (Å²) in [5.41, 5.74) is 0. The van der Waals surface area contributed by atoms with Crippen LogP contribution in [0.2, 0.25) is 0 Å². The van der Waals surface area contributed by atoms with E-state index in [9.17, 15) is 0 Å². The summed E-state index contributed by atoms with van der Waals surface area (Å²) in [5.74, 6) is 2.54. The molecule has 1 saturated carbocycles. The summed E-state index contributed by atoms with van der Waals surface area (Å²) in [4.78, 5) is 4.24. The van der Waals surface area contributed by atoms with Crippen LogP contribution < -0.4 is 20.1 Å². The Hall–Kier alpha value is -1.91. The zero-order chi connectivity index (χ0) is 14.9. The zero-order valence-electron chi connectivity index (χ0n) is 12.9. The fourth-order valence-electron chi connectivity index (χ4n) is 2.47. The van der Waals surface area contributed by atoms with Gasteiger partial charge >= 0.3 is 0 Å². The molecule has 1 fully saturated rings. The number of nitrogens with zero attached hydrogens (tertiary/aromatic N) is 1. The Labute approximate surface area is 126 Å². The largest absolute Gasteiger partial charge is 0.497 e. The summed E-state index contributed by atoms with van der Waals surface area (Å²) in [6.07, 6.45) is 5.11. The van der Waals surface area contributed by atoms with Gasteiger partial charge in [0.05, 0.1) is 13.7 Å². The predicted molar refractivity (Wildman–Crippen MR) is 85.2 cm³/mol. The van der Waals surface area contributed by atoms with Crippen LogP contribution in [-0.4, -0.2) is 39.3 Å². The van der Waals surface area contributed by atoms with Crippen LogP contribution in [0, 0.1) is 0 Å². The van der Waals surface area contributed by atoms with E-state index in [-0.39, 0.29) is 0 Å². The van der Waals surface area contributed by atoms with Gasteiger partial charge in [-0.2, -0.15) is 0 Å². The van der Waals surface area contributed by atoms with Crippen LogP contribution in [0.1, 0.15) is 25.7 Å². The first kappa shape index (κ1) is 15.5. The smallest absolute Gasteiger partial charge is 0.191 e. The van der Waals surface area contributed by atoms with Gasteiger partial charge in [-0.25, -0.2) is 0 Å². The number of aliphatic imine (C=N–C) groups is 1. The van der Waals surface area contributed by atoms with E-state index in [1.807, 2.05) is 24.3 Å². The molecule has 5 nitrogen and oxygen atoms in total. The van der Waals surface area contributed by atoms with Gasteiger partial charge in [0.2, 0.25) is 0 Å². The number of guanidine groups is 1. The first-order valence-corrected chi connectivity index (χ1v) is 7.56. The molecule has 1 aromatic rings. The highest BCUT2D eigenvalue weighted by Crippen LogP contribution is 2.17. The quantitative estimate of drug-likeness (QED) is 0.479. The van der Waals surface area contributed by atoms with Gasteiger partial charge in [-0.05, 0) is 37.1 Å². The molecule has 1 aromatic carbocycles. The number of rotatable bonds is 6. The highest BCUT2D eigenvalue weighted by molar-refractivity contribution is 5.79. The van der Waals surface area contributed by atoms with Crippen LogP contribution in [0.3, 0.4) is 0 Å². The maximum absolute atomic E-state index is 5.67. The molecule has 0 spiro atoms. The Morgan fingerprint density at radius 3 is 2.48 bits per heavy atom. The van der Waals surface area contributed by atoms with Crippen molar-refractivity contribution in [2.45, 2.75) is 31.7 Å². The van der Waals surface area contributed by atoms with Crippen LogP contribution in [-0.2, 0) is 0 Å². The lowest BCUT2D eigenvalue weighted by molar-refractivity contribution is 0.320. The molecule has 21 heavy (non-hydrogen) atoms. The first-order chi connectivity index (χ1) is 10.3. The zero-order valence-corrected chi connectivity index (χ0v) is 12.9. The van der Waals surface area contributed by atoms with Gasteiger partial charge in [0, 0.05) is 13.1 Å². The summed E-state index contributed by atoms with van der Waals surface area (Å²) in [6.45, 7) is 1.32. The number of benzene rings is 1. The van der Waals surface area contributed by atoms with E-state index in [0.717, 1.165) is 24.0 Å². The van der Waals surface area contributed by atoms with Crippen molar-refractivity contribution in [2.24, 2.45) is 4.99 Å². The van der Waals surface area contributed by atoms with Crippen molar-refractivity contribution in [3.8, 4) is 11.5 Å². The van der Waals surface area contributed by atoms with E-state index in [4.69, 9.17) is 9.47 Å². The topological polar surface area (TPSA) is 54.9 Å². The van der Waals surface area contributed by atoms with Gasteiger partial charge in [-0.1, -0.05) is 12.8 Å². The molecule has 0 saturated heterocycles. The molecule has 0 amide bonds. The molecule has 2 rings (SSSR count). The summed E-state index contributed by atoms with van der Waals surface area (Å²) in [7, 11) is 3.46. The molecule has 2 N–H and O–H groups in total. The summed E-state index contributed by atoms with van der Waals surface area (Å²) >= 11 is 0. The van der Waals surface area contributed by atoms with Crippen LogP contribution >= 0.6 is 0 Å². The lowest BCUT2D eigenvalue weighted by Crippen LogP contribution is -2.43. The lowest BCUT2D eigenvalue weighted by Gasteiger charge is -2.17. The number of hydrogen-bond acceptors (Lipinski definition) is 3. The summed E-state index contributed by atoms with van der Waals surface area (Å²) in [6, 6.07) is 8.17. The molecule has 5 heteroatoms. The third-order valence-electron chi connectivity index (χ3n) is 3.64. The van der Waals surface area contributed by atoms with Crippen LogP contribution in [0.5, 0.6) is 11.5 Å². The fraction of sp³-hybridized carbons (Fsp3) is 0.562. The molecule has 0 heterocycles. The third-order valence-corrected chi connectivity index (χ3v) is 3.64. The molecule has 1 aliphatic rings. The maximum atomic E-state index is 5.67. The van der Waals surface area contributed by atoms with E-state index in [1.54, 1.807) is 14.2 Å². The average molecular weight is 291 g/mol. The predicted octanol–water partition coefficient (Wildman–Crippen LogP) is 2.18. The SMILES string of the molecule is CN=C(NCCOc1ccc(OC)cc1)NC1CCCC1. The molecule has 0 atom stereocenters. The second kappa shape index (κ2) is 8.39. The second-order valence-electron chi connectivity index (χ2n) is 5.15. The number of ether oxygens (including phenoxy) is 2. The molecule has 0 aliphatic heterocycles. The van der Waals surface area contributed by atoms with E-state index < -0.39 is 0 Å². The minimum Gasteiger partial charge on any atom is -0.497 e. The molecule has 0 unspecified atom stereocenters. The van der Waals surface area contributed by atoms with E-state index in [2.05, 4.69) is 15.6 Å². The molecular formula is C16H25N3O2. The van der Waals surface area contributed by atoms with Gasteiger partial charge in [0.25, 0.3) is 0 Å². The van der Waals surface area contributed by atoms with E-state index in [0.29, 0.717) is 12.6 Å². The van der Waals surface area contributed by atoms with Crippen LogP contribution in [0.15, 0.2) is 29.3 Å². The molecule has 116 valence electrons. The highest BCUT2D eigenvalue weighted by Gasteiger charge is 2.15. The van der Waals surface area contributed by atoms with Gasteiger partial charge in [-0.3, -0.25) is 4.99 Å². The van der Waals surface area contributed by atoms with Crippen molar-refractivity contribution >= 4 is 5.96 Å². The third kappa shape index (κ3) is 5.17. The summed E-state index contributed by atoms with van der Waals surface area (Å²) < 4.78 is 10.8. The number of nitrogens with one attached hydrogen (secondary N) is 2. The van der Waals surface area contributed by atoms with Gasteiger partial charge in [0.1, 0.15) is 18.1 Å².